The lowest BCUT2D eigenvalue weighted by molar-refractivity contribution is -0.196. The number of benzene rings is 3. The van der Waals surface area contributed by atoms with E-state index in [1.54, 1.807) is 19.1 Å². The summed E-state index contributed by atoms with van der Waals surface area (Å²) in [7, 11) is 0. The van der Waals surface area contributed by atoms with Crippen LogP contribution < -0.4 is 14.2 Å². The molecule has 1 fully saturated rings. The van der Waals surface area contributed by atoms with Crippen LogP contribution in [0.5, 0.6) is 17.2 Å². The Morgan fingerprint density at radius 2 is 1.27 bits per heavy atom. The number of halogens is 6. The van der Waals surface area contributed by atoms with Crippen LogP contribution in [0.1, 0.15) is 63.9 Å². The van der Waals surface area contributed by atoms with Gasteiger partial charge in [-0.15, -0.1) is 0 Å². The first-order valence-corrected chi connectivity index (χ1v) is 13.5. The highest BCUT2D eigenvalue weighted by Gasteiger charge is 2.35. The van der Waals surface area contributed by atoms with Gasteiger partial charge in [-0.3, -0.25) is 0 Å². The van der Waals surface area contributed by atoms with Crippen LogP contribution in [-0.4, -0.2) is 19.3 Å². The Kier molecular flexibility index (Phi) is 9.53. The molecule has 3 aromatic carbocycles. The fourth-order valence-electron chi connectivity index (χ4n) is 5.21. The number of rotatable bonds is 11. The van der Waals surface area contributed by atoms with Gasteiger partial charge in [0.25, 0.3) is 0 Å². The van der Waals surface area contributed by atoms with Crippen LogP contribution in [0.3, 0.4) is 0 Å². The Balaban J connectivity index is 1.38. The molecule has 1 aliphatic carbocycles. The number of hydrogen-bond donors (Lipinski definition) is 0. The van der Waals surface area contributed by atoms with E-state index in [9.17, 15) is 26.3 Å². The van der Waals surface area contributed by atoms with E-state index in [0.29, 0.717) is 5.92 Å². The van der Waals surface area contributed by atoms with Crippen molar-refractivity contribution in [3.8, 4) is 28.4 Å². The molecule has 0 unspecified atom stereocenters. The average molecular weight is 567 g/mol. The fraction of sp³-hybridized carbons (Fsp3) is 0.419. The lowest BCUT2D eigenvalue weighted by atomic mass is 9.77. The summed E-state index contributed by atoms with van der Waals surface area (Å²) < 4.78 is 102. The van der Waals surface area contributed by atoms with Crippen molar-refractivity contribution in [1.29, 1.82) is 0 Å². The van der Waals surface area contributed by atoms with Gasteiger partial charge < -0.3 is 14.2 Å². The first-order chi connectivity index (χ1) is 19.1. The first-order valence-electron chi connectivity index (χ1n) is 13.5. The number of hydrogen-bond acceptors (Lipinski definition) is 3. The highest BCUT2D eigenvalue weighted by molar-refractivity contribution is 5.67. The van der Waals surface area contributed by atoms with Crippen LogP contribution in [-0.2, 0) is 0 Å². The second-order valence-corrected chi connectivity index (χ2v) is 10.0. The van der Waals surface area contributed by atoms with Crippen molar-refractivity contribution in [2.75, 3.05) is 13.2 Å². The molecule has 3 aromatic rings. The van der Waals surface area contributed by atoms with E-state index in [1.807, 2.05) is 12.1 Å². The zero-order valence-electron chi connectivity index (χ0n) is 22.4. The quantitative estimate of drug-likeness (QED) is 0.216. The maximum Gasteiger partial charge on any atom is 0.433 e. The highest BCUT2D eigenvalue weighted by atomic mass is 19.3. The molecule has 0 aromatic heterocycles. The third-order valence-corrected chi connectivity index (χ3v) is 7.25. The Bertz CT molecular complexity index is 1290. The highest BCUT2D eigenvalue weighted by Crippen LogP contribution is 2.39. The molecule has 0 bridgehead atoms. The summed E-state index contributed by atoms with van der Waals surface area (Å²) in [6.45, 7) is 2.57. The van der Waals surface area contributed by atoms with Gasteiger partial charge in [0, 0.05) is 11.1 Å². The van der Waals surface area contributed by atoms with Gasteiger partial charge in [-0.1, -0.05) is 31.9 Å². The SMILES string of the molecule is CCCC1CCC(c2ccc(OCC(F)(F)Oc3ccc(-c4ccc(OCC)c(F)c4F)c(F)c3F)cc2)CC1. The average Bonchev–Trinajstić information content (AvgIpc) is 2.94. The van der Waals surface area contributed by atoms with Gasteiger partial charge in [0.05, 0.1) is 6.61 Å². The molecule has 0 spiro atoms. The minimum absolute atomic E-state index is 0.0635. The van der Waals surface area contributed by atoms with Gasteiger partial charge in [0.2, 0.25) is 11.6 Å². The summed E-state index contributed by atoms with van der Waals surface area (Å²) in [5, 5.41) is 0. The molecule has 0 amide bonds. The summed E-state index contributed by atoms with van der Waals surface area (Å²) in [6.07, 6.45) is 2.98. The van der Waals surface area contributed by atoms with Crippen molar-refractivity contribution in [3.63, 3.8) is 0 Å². The molecular formula is C31H32F6O3. The molecule has 0 radical (unpaired) electrons. The van der Waals surface area contributed by atoms with Crippen molar-refractivity contribution in [1.82, 2.24) is 0 Å². The molecule has 1 aliphatic rings. The van der Waals surface area contributed by atoms with Gasteiger partial charge in [-0.2, -0.15) is 17.6 Å². The summed E-state index contributed by atoms with van der Waals surface area (Å²) in [5.74, 6) is -6.40. The third-order valence-electron chi connectivity index (χ3n) is 7.25. The zero-order chi connectivity index (χ0) is 28.9. The Morgan fingerprint density at radius 1 is 0.700 bits per heavy atom. The molecule has 0 atom stereocenters. The second kappa shape index (κ2) is 12.9. The Labute approximate surface area is 230 Å². The monoisotopic (exact) mass is 566 g/mol. The molecular weight excluding hydrogens is 534 g/mol. The topological polar surface area (TPSA) is 27.7 Å². The molecule has 0 heterocycles. The van der Waals surface area contributed by atoms with Crippen LogP contribution in [0.2, 0.25) is 0 Å². The maximum atomic E-state index is 14.7. The largest absolute Gasteiger partial charge is 0.491 e. The normalized spacial score (nSPS) is 17.5. The lowest BCUT2D eigenvalue weighted by Gasteiger charge is -2.28. The molecule has 40 heavy (non-hydrogen) atoms. The molecule has 0 saturated heterocycles. The van der Waals surface area contributed by atoms with Gasteiger partial charge in [0.15, 0.2) is 29.7 Å². The predicted octanol–water partition coefficient (Wildman–Crippen LogP) is 9.43. The van der Waals surface area contributed by atoms with Gasteiger partial charge >= 0.3 is 6.11 Å². The lowest BCUT2D eigenvalue weighted by Crippen LogP contribution is -2.33. The summed E-state index contributed by atoms with van der Waals surface area (Å²) in [5.41, 5.74) is -0.133. The van der Waals surface area contributed by atoms with Gasteiger partial charge in [-0.25, -0.2) is 8.78 Å². The van der Waals surface area contributed by atoms with Crippen LogP contribution in [0.25, 0.3) is 11.1 Å². The molecule has 4 rings (SSSR count). The molecule has 216 valence electrons. The second-order valence-electron chi connectivity index (χ2n) is 10.0. The molecule has 0 aliphatic heterocycles. The van der Waals surface area contributed by atoms with Crippen molar-refractivity contribution in [2.45, 2.75) is 64.4 Å². The van der Waals surface area contributed by atoms with E-state index in [1.165, 1.54) is 25.7 Å². The molecule has 3 nitrogen and oxygen atoms in total. The Morgan fingerprint density at radius 3 is 1.85 bits per heavy atom. The van der Waals surface area contributed by atoms with Crippen molar-refractivity contribution in [2.24, 2.45) is 5.92 Å². The van der Waals surface area contributed by atoms with Crippen LogP contribution in [0.4, 0.5) is 26.3 Å². The summed E-state index contributed by atoms with van der Waals surface area (Å²) in [4.78, 5) is 0. The van der Waals surface area contributed by atoms with Crippen LogP contribution >= 0.6 is 0 Å². The van der Waals surface area contributed by atoms with E-state index in [2.05, 4.69) is 11.7 Å². The van der Waals surface area contributed by atoms with E-state index in [-0.39, 0.29) is 12.4 Å². The summed E-state index contributed by atoms with van der Waals surface area (Å²) in [6, 6.07) is 10.5. The molecule has 1 saturated carbocycles. The van der Waals surface area contributed by atoms with Gasteiger partial charge in [-0.05, 0) is 86.4 Å². The third kappa shape index (κ3) is 6.85. The van der Waals surface area contributed by atoms with Gasteiger partial charge in [0.1, 0.15) is 5.75 Å². The van der Waals surface area contributed by atoms with Crippen molar-refractivity contribution >= 4 is 0 Å². The Hall–Kier alpha value is -3.36. The predicted molar refractivity (Wildman–Crippen MR) is 140 cm³/mol. The number of alkyl halides is 2. The smallest absolute Gasteiger partial charge is 0.433 e. The van der Waals surface area contributed by atoms with Crippen molar-refractivity contribution in [3.05, 3.63) is 77.4 Å². The van der Waals surface area contributed by atoms with E-state index in [0.717, 1.165) is 48.6 Å². The maximum absolute atomic E-state index is 14.7. The molecule has 9 heteroatoms. The zero-order valence-corrected chi connectivity index (χ0v) is 22.4. The standard InChI is InChI=1S/C31H32F6O3/c1-3-5-19-6-8-20(9-7-19)21-10-12-22(13-11-21)39-18-31(36,37)40-26-17-15-24(28(33)30(26)35)23-14-16-25(38-4-2)29(34)27(23)32/h10-17,19-20H,3-9,18H2,1-2H3. The van der Waals surface area contributed by atoms with Crippen LogP contribution in [0.15, 0.2) is 48.5 Å². The molecule has 0 N–H and O–H groups in total. The number of ether oxygens (including phenoxy) is 3. The fourth-order valence-corrected chi connectivity index (χ4v) is 5.21. The van der Waals surface area contributed by atoms with E-state index in [4.69, 9.17) is 9.47 Å². The minimum atomic E-state index is -4.01. The van der Waals surface area contributed by atoms with E-state index >= 15 is 0 Å². The first kappa shape index (κ1) is 29.6. The van der Waals surface area contributed by atoms with E-state index < -0.39 is 58.6 Å². The summed E-state index contributed by atoms with van der Waals surface area (Å²) >= 11 is 0. The minimum Gasteiger partial charge on any atom is -0.491 e. The van der Waals surface area contributed by atoms with Crippen LogP contribution in [0, 0.1) is 29.2 Å². The van der Waals surface area contributed by atoms with Crippen molar-refractivity contribution < 1.29 is 40.6 Å².